The molecule has 0 saturated heterocycles. The van der Waals surface area contributed by atoms with Crippen LogP contribution >= 0.6 is 31.9 Å². The first-order chi connectivity index (χ1) is 13.4. The van der Waals surface area contributed by atoms with E-state index in [2.05, 4.69) is 45.7 Å². The molecular weight excluding hydrogens is 496 g/mol. The summed E-state index contributed by atoms with van der Waals surface area (Å²) in [6.45, 7) is 4.46. The van der Waals surface area contributed by atoms with Crippen molar-refractivity contribution in [2.24, 2.45) is 0 Å². The second-order valence-electron chi connectivity index (χ2n) is 6.43. The van der Waals surface area contributed by atoms with Gasteiger partial charge in [-0.25, -0.2) is 9.59 Å². The normalized spacial score (nSPS) is 14.6. The molecule has 0 saturated carbocycles. The molecule has 0 aromatic heterocycles. The molecule has 0 aromatic rings. The van der Waals surface area contributed by atoms with Crippen molar-refractivity contribution in [3.05, 3.63) is 20.1 Å². The van der Waals surface area contributed by atoms with Gasteiger partial charge in [-0.15, -0.1) is 0 Å². The van der Waals surface area contributed by atoms with Gasteiger partial charge in [0.15, 0.2) is 0 Å². The van der Waals surface area contributed by atoms with Crippen molar-refractivity contribution in [1.29, 1.82) is 0 Å². The van der Waals surface area contributed by atoms with Crippen molar-refractivity contribution in [2.75, 3.05) is 13.2 Å². The molecule has 8 heteroatoms. The molecule has 0 aliphatic heterocycles. The number of carbonyl (C=O) groups excluding carboxylic acids is 4. The largest absolute Gasteiger partial charge is 0.462 e. The van der Waals surface area contributed by atoms with Crippen LogP contribution in [0.25, 0.3) is 0 Å². The number of ether oxygens (including phenoxy) is 2. The first kappa shape index (κ1) is 24.8. The van der Waals surface area contributed by atoms with Crippen molar-refractivity contribution < 1.29 is 28.7 Å². The van der Waals surface area contributed by atoms with E-state index in [1.165, 1.54) is 0 Å². The Kier molecular flexibility index (Phi) is 11.5. The van der Waals surface area contributed by atoms with Crippen molar-refractivity contribution in [3.63, 3.8) is 0 Å². The first-order valence-electron chi connectivity index (χ1n) is 9.59. The van der Waals surface area contributed by atoms with Gasteiger partial charge >= 0.3 is 11.9 Å². The highest BCUT2D eigenvalue weighted by Crippen LogP contribution is 2.32. The smallest absolute Gasteiger partial charge is 0.343 e. The van der Waals surface area contributed by atoms with Gasteiger partial charge in [-0.05, 0) is 44.7 Å². The summed E-state index contributed by atoms with van der Waals surface area (Å²) < 4.78 is 9.65. The number of esters is 2. The standard InChI is InChI=1S/C20H26Br2O6/c1-3-5-7-9-11-27-19(25)13-15(21)18(24)14(16(22)17(13)23)20(26)28-12-10-8-6-4-2/h3-12H2,1-2H3. The molecule has 0 spiro atoms. The quantitative estimate of drug-likeness (QED) is 0.160. The maximum Gasteiger partial charge on any atom is 0.343 e. The van der Waals surface area contributed by atoms with E-state index in [-0.39, 0.29) is 22.2 Å². The third-order valence-electron chi connectivity index (χ3n) is 4.16. The van der Waals surface area contributed by atoms with Crippen LogP contribution in [0, 0.1) is 0 Å². The van der Waals surface area contributed by atoms with Crippen LogP contribution in [0.4, 0.5) is 0 Å². The van der Waals surface area contributed by atoms with Crippen molar-refractivity contribution in [3.8, 4) is 0 Å². The van der Waals surface area contributed by atoms with E-state index in [1.54, 1.807) is 0 Å². The minimum absolute atomic E-state index is 0.165. The van der Waals surface area contributed by atoms with Crippen molar-refractivity contribution in [2.45, 2.75) is 65.2 Å². The van der Waals surface area contributed by atoms with E-state index < -0.39 is 34.7 Å². The summed E-state index contributed by atoms with van der Waals surface area (Å²) >= 11 is 5.96. The number of halogens is 2. The van der Waals surface area contributed by atoms with Crippen LogP contribution in [0.3, 0.4) is 0 Å². The lowest BCUT2D eigenvalue weighted by Crippen LogP contribution is -2.29. The van der Waals surface area contributed by atoms with Gasteiger partial charge in [0.2, 0.25) is 11.6 Å². The maximum absolute atomic E-state index is 12.5. The van der Waals surface area contributed by atoms with Gasteiger partial charge in [0.05, 0.1) is 22.2 Å². The number of carbonyl (C=O) groups is 4. The highest BCUT2D eigenvalue weighted by atomic mass is 79.9. The number of hydrogen-bond donors (Lipinski definition) is 0. The fourth-order valence-electron chi connectivity index (χ4n) is 2.54. The molecule has 1 aliphatic carbocycles. The molecule has 0 bridgehead atoms. The Morgan fingerprint density at radius 2 is 1.04 bits per heavy atom. The van der Waals surface area contributed by atoms with E-state index in [0.29, 0.717) is 12.8 Å². The number of Topliss-reactive ketones (excluding diaryl/α,β-unsaturated/α-hetero) is 2. The van der Waals surface area contributed by atoms with Crippen LogP contribution in [-0.4, -0.2) is 36.7 Å². The molecule has 0 fully saturated rings. The monoisotopic (exact) mass is 520 g/mol. The van der Waals surface area contributed by atoms with Gasteiger partial charge in [0, 0.05) is 0 Å². The second kappa shape index (κ2) is 13.0. The minimum Gasteiger partial charge on any atom is -0.462 e. The maximum atomic E-state index is 12.5. The van der Waals surface area contributed by atoms with Crippen LogP contribution in [0.2, 0.25) is 0 Å². The molecule has 0 radical (unpaired) electrons. The fraction of sp³-hybridized carbons (Fsp3) is 0.600. The minimum atomic E-state index is -0.884. The molecule has 0 aromatic carbocycles. The third-order valence-corrected chi connectivity index (χ3v) is 5.68. The zero-order valence-electron chi connectivity index (χ0n) is 16.3. The summed E-state index contributed by atoms with van der Waals surface area (Å²) in [6.07, 6.45) is 7.33. The molecule has 0 amide bonds. The molecule has 28 heavy (non-hydrogen) atoms. The molecule has 156 valence electrons. The molecule has 0 heterocycles. The van der Waals surface area contributed by atoms with Gasteiger partial charge in [0.25, 0.3) is 0 Å². The number of ketones is 2. The summed E-state index contributed by atoms with van der Waals surface area (Å²) in [6, 6.07) is 0. The molecular formula is C20H26Br2O6. The van der Waals surface area contributed by atoms with Gasteiger partial charge in [-0.3, -0.25) is 9.59 Å². The van der Waals surface area contributed by atoms with Gasteiger partial charge in [-0.1, -0.05) is 52.4 Å². The zero-order valence-corrected chi connectivity index (χ0v) is 19.4. The van der Waals surface area contributed by atoms with E-state index in [1.807, 2.05) is 0 Å². The van der Waals surface area contributed by atoms with E-state index in [0.717, 1.165) is 38.5 Å². The average Bonchev–Trinajstić information content (AvgIpc) is 2.66. The summed E-state index contributed by atoms with van der Waals surface area (Å²) in [7, 11) is 0. The predicted octanol–water partition coefficient (Wildman–Crippen LogP) is 4.68. The molecule has 0 atom stereocenters. The summed E-state index contributed by atoms with van der Waals surface area (Å²) in [5.41, 5.74) is -0.821. The Hall–Kier alpha value is -1.28. The lowest BCUT2D eigenvalue weighted by atomic mass is 9.97. The van der Waals surface area contributed by atoms with Crippen LogP contribution in [0.15, 0.2) is 20.1 Å². The summed E-state index contributed by atoms with van der Waals surface area (Å²) in [5, 5.41) is 0. The summed E-state index contributed by atoms with van der Waals surface area (Å²) in [4.78, 5) is 49.6. The Labute approximate surface area is 182 Å². The Bertz CT molecular complexity index is 620. The Morgan fingerprint density at radius 1 is 0.679 bits per heavy atom. The predicted molar refractivity (Wildman–Crippen MR) is 112 cm³/mol. The average molecular weight is 522 g/mol. The van der Waals surface area contributed by atoms with Crippen LogP contribution in [0.5, 0.6) is 0 Å². The van der Waals surface area contributed by atoms with E-state index in [9.17, 15) is 19.2 Å². The number of rotatable bonds is 12. The van der Waals surface area contributed by atoms with E-state index >= 15 is 0 Å². The first-order valence-corrected chi connectivity index (χ1v) is 11.2. The Morgan fingerprint density at radius 3 is 1.36 bits per heavy atom. The topological polar surface area (TPSA) is 86.7 Å². The van der Waals surface area contributed by atoms with Crippen molar-refractivity contribution in [1.82, 2.24) is 0 Å². The zero-order chi connectivity index (χ0) is 21.1. The highest BCUT2D eigenvalue weighted by Gasteiger charge is 2.40. The summed E-state index contributed by atoms with van der Waals surface area (Å²) in [5.74, 6) is -3.32. The number of allylic oxidation sites excluding steroid dienone is 2. The van der Waals surface area contributed by atoms with E-state index in [4.69, 9.17) is 9.47 Å². The molecule has 0 unspecified atom stereocenters. The second-order valence-corrected chi connectivity index (χ2v) is 8.02. The third kappa shape index (κ3) is 6.95. The van der Waals surface area contributed by atoms with Gasteiger partial charge in [-0.2, -0.15) is 0 Å². The molecule has 6 nitrogen and oxygen atoms in total. The van der Waals surface area contributed by atoms with Crippen LogP contribution in [0.1, 0.15) is 65.2 Å². The van der Waals surface area contributed by atoms with Crippen LogP contribution < -0.4 is 0 Å². The highest BCUT2D eigenvalue weighted by molar-refractivity contribution is 9.12. The lowest BCUT2D eigenvalue weighted by Gasteiger charge is -2.17. The van der Waals surface area contributed by atoms with Crippen LogP contribution in [-0.2, 0) is 28.7 Å². The van der Waals surface area contributed by atoms with Gasteiger partial charge < -0.3 is 9.47 Å². The number of unbranched alkanes of at least 4 members (excludes halogenated alkanes) is 6. The molecule has 0 N–H and O–H groups in total. The Balaban J connectivity index is 2.77. The van der Waals surface area contributed by atoms with Crippen molar-refractivity contribution >= 4 is 55.4 Å². The SMILES string of the molecule is CCCCCCOC(=O)C1=C(Br)C(=O)C(C(=O)OCCCCCC)=C(Br)C1=O. The number of hydrogen-bond acceptors (Lipinski definition) is 6. The molecule has 1 rings (SSSR count). The lowest BCUT2D eigenvalue weighted by molar-refractivity contribution is -0.143. The fourth-order valence-corrected chi connectivity index (χ4v) is 3.62. The van der Waals surface area contributed by atoms with Gasteiger partial charge in [0.1, 0.15) is 11.1 Å². The molecule has 1 aliphatic rings.